The van der Waals surface area contributed by atoms with Gasteiger partial charge < -0.3 is 10.3 Å². The van der Waals surface area contributed by atoms with Crippen molar-refractivity contribution in [2.24, 2.45) is 5.92 Å². The van der Waals surface area contributed by atoms with Gasteiger partial charge in [-0.1, -0.05) is 32.6 Å². The van der Waals surface area contributed by atoms with Crippen LogP contribution in [0.15, 0.2) is 12.4 Å². The monoisotopic (exact) mass is 235 g/mol. The lowest BCUT2D eigenvalue weighted by Gasteiger charge is -2.18. The number of aromatic amines is 1. The maximum Gasteiger partial charge on any atom is 0.107 e. The number of rotatable bonds is 7. The van der Waals surface area contributed by atoms with Gasteiger partial charge in [-0.05, 0) is 25.3 Å². The first-order valence-corrected chi connectivity index (χ1v) is 7.10. The van der Waals surface area contributed by atoms with Gasteiger partial charge in [0.25, 0.3) is 0 Å². The van der Waals surface area contributed by atoms with E-state index in [0.717, 1.165) is 24.7 Å². The molecule has 1 atom stereocenters. The van der Waals surface area contributed by atoms with E-state index in [0.29, 0.717) is 6.04 Å². The summed E-state index contributed by atoms with van der Waals surface area (Å²) in [5, 5.41) is 3.58. The third-order valence-corrected chi connectivity index (χ3v) is 3.89. The summed E-state index contributed by atoms with van der Waals surface area (Å²) >= 11 is 0. The summed E-state index contributed by atoms with van der Waals surface area (Å²) in [6.07, 6.45) is 13.3. The topological polar surface area (TPSA) is 40.7 Å². The van der Waals surface area contributed by atoms with Crippen LogP contribution in [0, 0.1) is 5.92 Å². The van der Waals surface area contributed by atoms with Crippen LogP contribution in [-0.4, -0.2) is 22.6 Å². The van der Waals surface area contributed by atoms with Gasteiger partial charge in [-0.3, -0.25) is 0 Å². The summed E-state index contributed by atoms with van der Waals surface area (Å²) < 4.78 is 0. The summed E-state index contributed by atoms with van der Waals surface area (Å²) in [4.78, 5) is 7.53. The third-order valence-electron chi connectivity index (χ3n) is 3.89. The van der Waals surface area contributed by atoms with E-state index in [9.17, 15) is 0 Å². The Morgan fingerprint density at radius 1 is 1.47 bits per heavy atom. The van der Waals surface area contributed by atoms with Gasteiger partial charge in [0.05, 0.1) is 0 Å². The largest absolute Gasteiger partial charge is 0.349 e. The predicted octanol–water partition coefficient (Wildman–Crippen LogP) is 2.90. The van der Waals surface area contributed by atoms with Crippen LogP contribution >= 0.6 is 0 Å². The minimum atomic E-state index is 0.590. The van der Waals surface area contributed by atoms with Crippen LogP contribution < -0.4 is 5.32 Å². The Labute approximate surface area is 104 Å². The molecule has 1 saturated carbocycles. The van der Waals surface area contributed by atoms with Crippen LogP contribution in [0.1, 0.15) is 51.3 Å². The van der Waals surface area contributed by atoms with Crippen molar-refractivity contribution < 1.29 is 0 Å². The van der Waals surface area contributed by atoms with Crippen molar-refractivity contribution in [3.8, 4) is 0 Å². The smallest absolute Gasteiger partial charge is 0.107 e. The fraction of sp³-hybridized carbons (Fsp3) is 0.786. The number of nitrogens with one attached hydrogen (secondary N) is 2. The maximum atomic E-state index is 4.32. The molecule has 3 nitrogen and oxygen atoms in total. The van der Waals surface area contributed by atoms with Crippen molar-refractivity contribution >= 4 is 0 Å². The van der Waals surface area contributed by atoms with Crippen LogP contribution in [0.3, 0.4) is 0 Å². The number of nitrogens with zero attached hydrogens (tertiary/aromatic N) is 1. The first-order chi connectivity index (χ1) is 8.38. The van der Waals surface area contributed by atoms with Crippen molar-refractivity contribution in [3.05, 3.63) is 18.2 Å². The average Bonchev–Trinajstić information content (AvgIpc) is 2.99. The average molecular weight is 235 g/mol. The molecule has 0 amide bonds. The molecule has 2 N–H and O–H groups in total. The summed E-state index contributed by atoms with van der Waals surface area (Å²) in [6, 6.07) is 0.590. The molecule has 1 aliphatic rings. The van der Waals surface area contributed by atoms with Gasteiger partial charge in [0.15, 0.2) is 0 Å². The van der Waals surface area contributed by atoms with E-state index in [1.54, 1.807) is 0 Å². The molecular formula is C14H25N3. The summed E-state index contributed by atoms with van der Waals surface area (Å²) in [5.41, 5.74) is 0. The lowest BCUT2D eigenvalue weighted by molar-refractivity contribution is 0.404. The van der Waals surface area contributed by atoms with E-state index >= 15 is 0 Å². The van der Waals surface area contributed by atoms with Crippen LogP contribution in [-0.2, 0) is 6.42 Å². The lowest BCUT2D eigenvalue weighted by atomic mass is 9.97. The van der Waals surface area contributed by atoms with Crippen molar-refractivity contribution in [2.45, 2.75) is 57.9 Å². The fourth-order valence-electron chi connectivity index (χ4n) is 2.94. The molecule has 1 aliphatic carbocycles. The van der Waals surface area contributed by atoms with Gasteiger partial charge in [-0.15, -0.1) is 0 Å². The molecule has 0 bridgehead atoms. The molecule has 0 radical (unpaired) electrons. The maximum absolute atomic E-state index is 4.32. The number of likely N-dealkylation sites (N-methyl/N-ethyl adjacent to an activating group) is 1. The number of hydrogen-bond donors (Lipinski definition) is 2. The van der Waals surface area contributed by atoms with E-state index in [2.05, 4.69) is 22.2 Å². The van der Waals surface area contributed by atoms with Crippen LogP contribution in [0.4, 0.5) is 0 Å². The second kappa shape index (κ2) is 6.80. The highest BCUT2D eigenvalue weighted by Crippen LogP contribution is 2.29. The van der Waals surface area contributed by atoms with E-state index < -0.39 is 0 Å². The molecule has 96 valence electrons. The predicted molar refractivity (Wildman–Crippen MR) is 70.9 cm³/mol. The SMILES string of the molecule is CCNC(CCC1CCCC1)Cc1ncc[nH]1. The van der Waals surface area contributed by atoms with E-state index in [-0.39, 0.29) is 0 Å². The molecule has 17 heavy (non-hydrogen) atoms. The molecule has 1 aromatic heterocycles. The Hall–Kier alpha value is -0.830. The fourth-order valence-corrected chi connectivity index (χ4v) is 2.94. The highest BCUT2D eigenvalue weighted by molar-refractivity contribution is 4.91. The highest BCUT2D eigenvalue weighted by Gasteiger charge is 2.17. The summed E-state index contributed by atoms with van der Waals surface area (Å²) in [7, 11) is 0. The quantitative estimate of drug-likeness (QED) is 0.763. The van der Waals surface area contributed by atoms with E-state index in [1.165, 1.54) is 38.5 Å². The Bertz CT molecular complexity index is 288. The Balaban J connectivity index is 1.75. The van der Waals surface area contributed by atoms with Gasteiger partial charge in [0, 0.05) is 24.9 Å². The molecule has 1 aromatic rings. The molecular weight excluding hydrogens is 210 g/mol. The van der Waals surface area contributed by atoms with E-state index in [4.69, 9.17) is 0 Å². The number of hydrogen-bond acceptors (Lipinski definition) is 2. The first-order valence-electron chi connectivity index (χ1n) is 7.10. The van der Waals surface area contributed by atoms with Gasteiger partial charge in [-0.25, -0.2) is 4.98 Å². The molecule has 2 rings (SSSR count). The van der Waals surface area contributed by atoms with Crippen molar-refractivity contribution in [3.63, 3.8) is 0 Å². The molecule has 1 fully saturated rings. The molecule has 0 spiro atoms. The number of H-pyrrole nitrogens is 1. The second-order valence-corrected chi connectivity index (χ2v) is 5.22. The number of imidazole rings is 1. The standard InChI is InChI=1S/C14H25N3/c1-2-15-13(11-14-16-9-10-17-14)8-7-12-5-3-4-6-12/h9-10,12-13,15H,2-8,11H2,1H3,(H,16,17). The molecule has 0 aromatic carbocycles. The minimum absolute atomic E-state index is 0.590. The Kier molecular flexibility index (Phi) is 5.05. The first kappa shape index (κ1) is 12.6. The van der Waals surface area contributed by atoms with Gasteiger partial charge in [-0.2, -0.15) is 0 Å². The zero-order valence-corrected chi connectivity index (χ0v) is 10.9. The zero-order chi connectivity index (χ0) is 11.9. The highest BCUT2D eigenvalue weighted by atomic mass is 14.9. The van der Waals surface area contributed by atoms with Gasteiger partial charge in [0.1, 0.15) is 5.82 Å². The normalized spacial score (nSPS) is 18.6. The molecule has 1 unspecified atom stereocenters. The lowest BCUT2D eigenvalue weighted by Crippen LogP contribution is -2.31. The Morgan fingerprint density at radius 2 is 2.29 bits per heavy atom. The van der Waals surface area contributed by atoms with Gasteiger partial charge in [0.2, 0.25) is 0 Å². The van der Waals surface area contributed by atoms with Crippen LogP contribution in [0.2, 0.25) is 0 Å². The van der Waals surface area contributed by atoms with Crippen LogP contribution in [0.25, 0.3) is 0 Å². The van der Waals surface area contributed by atoms with Crippen molar-refractivity contribution in [2.75, 3.05) is 6.54 Å². The van der Waals surface area contributed by atoms with Crippen LogP contribution in [0.5, 0.6) is 0 Å². The van der Waals surface area contributed by atoms with Gasteiger partial charge >= 0.3 is 0 Å². The number of aromatic nitrogens is 2. The summed E-state index contributed by atoms with van der Waals surface area (Å²) in [6.45, 7) is 3.24. The van der Waals surface area contributed by atoms with E-state index in [1.807, 2.05) is 12.4 Å². The third kappa shape index (κ3) is 4.15. The Morgan fingerprint density at radius 3 is 2.94 bits per heavy atom. The summed E-state index contributed by atoms with van der Waals surface area (Å²) in [5.74, 6) is 2.11. The molecule has 3 heteroatoms. The zero-order valence-electron chi connectivity index (χ0n) is 10.9. The molecule has 0 aliphatic heterocycles. The van der Waals surface area contributed by atoms with Crippen molar-refractivity contribution in [1.29, 1.82) is 0 Å². The van der Waals surface area contributed by atoms with Crippen molar-refractivity contribution in [1.82, 2.24) is 15.3 Å². The molecule has 0 saturated heterocycles. The molecule has 1 heterocycles. The second-order valence-electron chi connectivity index (χ2n) is 5.22. The minimum Gasteiger partial charge on any atom is -0.349 e.